The number of nitrogens with zero attached hydrogens (tertiary/aromatic N) is 3. The summed E-state index contributed by atoms with van der Waals surface area (Å²) >= 11 is 0. The van der Waals surface area contributed by atoms with Gasteiger partial charge >= 0.3 is 0 Å². The van der Waals surface area contributed by atoms with Crippen LogP contribution < -0.4 is 0 Å². The second-order valence-electron chi connectivity index (χ2n) is 4.82. The van der Waals surface area contributed by atoms with Crippen LogP contribution in [0.4, 0.5) is 0 Å². The van der Waals surface area contributed by atoms with Crippen molar-refractivity contribution < 1.29 is 14.2 Å². The summed E-state index contributed by atoms with van der Waals surface area (Å²) in [6.07, 6.45) is 7.09. The highest BCUT2D eigenvalue weighted by atomic mass is 16.5. The molecule has 1 heterocycles. The third-order valence-corrected chi connectivity index (χ3v) is 3.16. The highest BCUT2D eigenvalue weighted by Gasteiger charge is 2.32. The summed E-state index contributed by atoms with van der Waals surface area (Å²) in [5.74, 6) is 0. The van der Waals surface area contributed by atoms with Gasteiger partial charge in [-0.25, -0.2) is 0 Å². The van der Waals surface area contributed by atoms with Gasteiger partial charge in [-0.15, -0.1) is 0 Å². The molecule has 3 atom stereocenters. The van der Waals surface area contributed by atoms with Gasteiger partial charge in [-0.1, -0.05) is 31.8 Å². The van der Waals surface area contributed by atoms with Crippen molar-refractivity contribution in [1.82, 2.24) is 0 Å². The summed E-state index contributed by atoms with van der Waals surface area (Å²) in [5, 5.41) is 3.82. The van der Waals surface area contributed by atoms with Gasteiger partial charge in [0.15, 0.2) is 0 Å². The van der Waals surface area contributed by atoms with Crippen LogP contribution >= 0.6 is 0 Å². The van der Waals surface area contributed by atoms with E-state index in [1.807, 2.05) is 0 Å². The molecule has 6 heteroatoms. The molecule has 0 aliphatic carbocycles. The molecular formula is C14H25N3O3. The Labute approximate surface area is 120 Å². The van der Waals surface area contributed by atoms with Crippen LogP contribution in [-0.4, -0.2) is 38.1 Å². The van der Waals surface area contributed by atoms with Gasteiger partial charge in [0.05, 0.1) is 19.0 Å². The van der Waals surface area contributed by atoms with Gasteiger partial charge in [-0.2, -0.15) is 0 Å². The molecular weight excluding hydrogens is 258 g/mol. The van der Waals surface area contributed by atoms with E-state index in [9.17, 15) is 0 Å². The molecule has 114 valence electrons. The lowest BCUT2D eigenvalue weighted by Gasteiger charge is -2.31. The van der Waals surface area contributed by atoms with Gasteiger partial charge in [0.2, 0.25) is 0 Å². The second kappa shape index (κ2) is 10.5. The van der Waals surface area contributed by atoms with Crippen molar-refractivity contribution in [3.63, 3.8) is 0 Å². The molecule has 6 nitrogen and oxygen atoms in total. The maximum atomic E-state index is 8.72. The van der Waals surface area contributed by atoms with E-state index < -0.39 is 0 Å². The van der Waals surface area contributed by atoms with Crippen molar-refractivity contribution in [1.29, 1.82) is 0 Å². The number of rotatable bonds is 10. The Hall–Kier alpha value is -1.23. The van der Waals surface area contributed by atoms with Gasteiger partial charge in [-0.05, 0) is 24.4 Å². The minimum Gasteiger partial charge on any atom is -0.495 e. The topological polar surface area (TPSA) is 76.5 Å². The van der Waals surface area contributed by atoms with Gasteiger partial charge in [0, 0.05) is 18.1 Å². The second-order valence-corrected chi connectivity index (χ2v) is 4.82. The molecule has 0 saturated carbocycles. The molecule has 0 N–H and O–H groups in total. The standard InChI is InChI=1S/C14H25N3O3/c1-3-5-8-18-11-13-14(16-17-15)12(7-10-20-13)19-9-6-4-2/h7,10,12-14H,3-6,8-9,11H2,1-2H3/t12?,13?,14-/m1/s1. The van der Waals surface area contributed by atoms with Crippen molar-refractivity contribution in [2.24, 2.45) is 5.11 Å². The largest absolute Gasteiger partial charge is 0.495 e. The normalized spacial score (nSPS) is 25.0. The van der Waals surface area contributed by atoms with Crippen molar-refractivity contribution in [3.8, 4) is 0 Å². The van der Waals surface area contributed by atoms with E-state index in [-0.39, 0.29) is 18.2 Å². The number of unbranched alkanes of at least 4 members (excludes halogenated alkanes) is 2. The SMILES string of the molecule is CCCCOCC1OC=CC(OCCCC)[C@H]1N=[N+]=[N-]. The van der Waals surface area contributed by atoms with E-state index in [4.69, 9.17) is 19.7 Å². The molecule has 2 unspecified atom stereocenters. The Balaban J connectivity index is 2.51. The van der Waals surface area contributed by atoms with Crippen LogP contribution in [0.1, 0.15) is 39.5 Å². The summed E-state index contributed by atoms with van der Waals surface area (Å²) in [4.78, 5) is 2.91. The molecule has 0 aromatic carbocycles. The number of hydrogen-bond acceptors (Lipinski definition) is 4. The molecule has 0 bridgehead atoms. The average Bonchev–Trinajstić information content (AvgIpc) is 2.46. The number of ether oxygens (including phenoxy) is 3. The molecule has 1 rings (SSSR count). The Bertz CT molecular complexity index is 330. The minimum atomic E-state index is -0.372. The van der Waals surface area contributed by atoms with Crippen molar-refractivity contribution in [3.05, 3.63) is 22.8 Å². The summed E-state index contributed by atoms with van der Waals surface area (Å²) in [6, 6.07) is -0.372. The van der Waals surface area contributed by atoms with E-state index in [0.29, 0.717) is 19.8 Å². The van der Waals surface area contributed by atoms with Crippen LogP contribution in [0.5, 0.6) is 0 Å². The molecule has 0 fully saturated rings. The highest BCUT2D eigenvalue weighted by molar-refractivity contribution is 5.02. The maximum Gasteiger partial charge on any atom is 0.132 e. The first-order chi connectivity index (χ1) is 9.83. The lowest BCUT2D eigenvalue weighted by atomic mass is 10.0. The quantitative estimate of drug-likeness (QED) is 0.266. The third-order valence-electron chi connectivity index (χ3n) is 3.16. The van der Waals surface area contributed by atoms with Crippen LogP contribution in [0.15, 0.2) is 17.5 Å². The van der Waals surface area contributed by atoms with Gasteiger partial charge in [0.1, 0.15) is 12.1 Å². The smallest absolute Gasteiger partial charge is 0.132 e. The first-order valence-corrected chi connectivity index (χ1v) is 7.39. The van der Waals surface area contributed by atoms with E-state index in [2.05, 4.69) is 23.9 Å². The lowest BCUT2D eigenvalue weighted by molar-refractivity contribution is -0.0404. The number of azide groups is 1. The minimum absolute atomic E-state index is 0.231. The molecule has 0 radical (unpaired) electrons. The fourth-order valence-electron chi connectivity index (χ4n) is 1.93. The van der Waals surface area contributed by atoms with Crippen LogP contribution in [0.3, 0.4) is 0 Å². The summed E-state index contributed by atoms with van der Waals surface area (Å²) in [7, 11) is 0. The van der Waals surface area contributed by atoms with E-state index in [0.717, 1.165) is 25.7 Å². The molecule has 1 aliphatic heterocycles. The first-order valence-electron chi connectivity index (χ1n) is 7.39. The van der Waals surface area contributed by atoms with Crippen LogP contribution in [0, 0.1) is 0 Å². The molecule has 0 saturated heterocycles. The van der Waals surface area contributed by atoms with Crippen LogP contribution in [0.25, 0.3) is 10.4 Å². The van der Waals surface area contributed by atoms with Crippen molar-refractivity contribution >= 4 is 0 Å². The van der Waals surface area contributed by atoms with Crippen molar-refractivity contribution in [2.45, 2.75) is 57.8 Å². The zero-order chi connectivity index (χ0) is 14.6. The molecule has 0 amide bonds. The Morgan fingerprint density at radius 1 is 1.25 bits per heavy atom. The molecule has 0 aromatic heterocycles. The fourth-order valence-corrected chi connectivity index (χ4v) is 1.93. The lowest BCUT2D eigenvalue weighted by Crippen LogP contribution is -2.42. The highest BCUT2D eigenvalue weighted by Crippen LogP contribution is 2.20. The van der Waals surface area contributed by atoms with E-state index >= 15 is 0 Å². The molecule has 1 aliphatic rings. The molecule has 20 heavy (non-hydrogen) atoms. The first kappa shape index (κ1) is 16.8. The van der Waals surface area contributed by atoms with Crippen LogP contribution in [0.2, 0.25) is 0 Å². The van der Waals surface area contributed by atoms with Crippen LogP contribution in [-0.2, 0) is 14.2 Å². The Kier molecular flexibility index (Phi) is 8.87. The average molecular weight is 283 g/mol. The predicted octanol–water partition coefficient (Wildman–Crippen LogP) is 3.58. The zero-order valence-electron chi connectivity index (χ0n) is 12.4. The Morgan fingerprint density at radius 2 is 2.00 bits per heavy atom. The third kappa shape index (κ3) is 5.82. The van der Waals surface area contributed by atoms with Crippen molar-refractivity contribution in [2.75, 3.05) is 19.8 Å². The number of hydrogen-bond donors (Lipinski definition) is 0. The predicted molar refractivity (Wildman–Crippen MR) is 77.3 cm³/mol. The monoisotopic (exact) mass is 283 g/mol. The summed E-state index contributed by atoms with van der Waals surface area (Å²) < 4.78 is 16.8. The van der Waals surface area contributed by atoms with E-state index in [1.165, 1.54) is 0 Å². The van der Waals surface area contributed by atoms with Gasteiger partial charge in [-0.3, -0.25) is 0 Å². The van der Waals surface area contributed by atoms with E-state index in [1.54, 1.807) is 12.3 Å². The Morgan fingerprint density at radius 3 is 2.70 bits per heavy atom. The zero-order valence-corrected chi connectivity index (χ0v) is 12.4. The summed E-state index contributed by atoms with van der Waals surface area (Å²) in [5.41, 5.74) is 8.72. The molecule has 0 aromatic rings. The maximum absolute atomic E-state index is 8.72. The van der Waals surface area contributed by atoms with Gasteiger partial charge in [0.25, 0.3) is 0 Å². The molecule has 0 spiro atoms. The van der Waals surface area contributed by atoms with Gasteiger partial charge < -0.3 is 14.2 Å². The summed E-state index contributed by atoms with van der Waals surface area (Å²) in [6.45, 7) is 6.00. The fraction of sp³-hybridized carbons (Fsp3) is 0.857.